The van der Waals surface area contributed by atoms with Crippen LogP contribution in [0, 0.1) is 13.8 Å². The molecule has 1 aromatic rings. The summed E-state index contributed by atoms with van der Waals surface area (Å²) in [5.74, 6) is -0.897. The lowest BCUT2D eigenvalue weighted by atomic mass is 9.96. The predicted octanol–water partition coefficient (Wildman–Crippen LogP) is 2.60. The molecule has 0 heterocycles. The van der Waals surface area contributed by atoms with Crippen molar-refractivity contribution in [1.29, 1.82) is 0 Å². The normalized spacial score (nSPS) is 13.4. The Morgan fingerprint density at radius 2 is 1.74 bits per heavy atom. The molecule has 2 atom stereocenters. The molecule has 1 aromatic carbocycles. The van der Waals surface area contributed by atoms with Crippen LogP contribution in [-0.2, 0) is 14.3 Å². The number of nitrogens with zero attached hydrogens (tertiary/aromatic N) is 1. The maximum Gasteiger partial charge on any atom is 0.408 e. The molecule has 0 spiro atoms. The molecule has 174 valence electrons. The Labute approximate surface area is 185 Å². The number of alkyl carbamates (subject to hydrolysis) is 1. The first kappa shape index (κ1) is 26.4. The number of ether oxygens (including phenoxy) is 1. The smallest absolute Gasteiger partial charge is 0.408 e. The number of nitrogens with one attached hydrogen (secondary N) is 2. The van der Waals surface area contributed by atoms with Crippen LogP contribution in [-0.4, -0.2) is 58.8 Å². The second kappa shape index (κ2) is 11.1. The van der Waals surface area contributed by atoms with E-state index in [4.69, 9.17) is 4.74 Å². The van der Waals surface area contributed by atoms with Gasteiger partial charge in [-0.1, -0.05) is 23.8 Å². The van der Waals surface area contributed by atoms with Gasteiger partial charge in [0, 0.05) is 12.6 Å². The van der Waals surface area contributed by atoms with Gasteiger partial charge < -0.3 is 25.4 Å². The molecule has 3 N–H and O–H groups in total. The van der Waals surface area contributed by atoms with Gasteiger partial charge in [0.1, 0.15) is 17.7 Å². The van der Waals surface area contributed by atoms with E-state index in [1.807, 2.05) is 45.9 Å². The van der Waals surface area contributed by atoms with Crippen LogP contribution < -0.4 is 10.6 Å². The molecule has 8 heteroatoms. The zero-order chi connectivity index (χ0) is 23.9. The van der Waals surface area contributed by atoms with Crippen LogP contribution >= 0.6 is 0 Å². The van der Waals surface area contributed by atoms with Gasteiger partial charge in [-0.25, -0.2) is 4.79 Å². The lowest BCUT2D eigenvalue weighted by Gasteiger charge is -2.34. The highest BCUT2D eigenvalue weighted by molar-refractivity contribution is 5.92. The van der Waals surface area contributed by atoms with Gasteiger partial charge in [-0.2, -0.15) is 0 Å². The predicted molar refractivity (Wildman–Crippen MR) is 120 cm³/mol. The molecular formula is C23H37N3O5. The van der Waals surface area contributed by atoms with Crippen LogP contribution in [0.5, 0.6) is 0 Å². The van der Waals surface area contributed by atoms with Crippen LogP contribution in [0.15, 0.2) is 18.2 Å². The molecule has 0 aromatic heterocycles. The zero-order valence-corrected chi connectivity index (χ0v) is 19.9. The van der Waals surface area contributed by atoms with E-state index in [9.17, 15) is 19.5 Å². The molecule has 0 saturated heterocycles. The summed E-state index contributed by atoms with van der Waals surface area (Å²) in [4.78, 5) is 40.0. The van der Waals surface area contributed by atoms with Crippen LogP contribution in [0.25, 0.3) is 0 Å². The van der Waals surface area contributed by atoms with Crippen molar-refractivity contribution in [3.8, 4) is 0 Å². The fourth-order valence-electron chi connectivity index (χ4n) is 3.25. The fraction of sp³-hybridized carbons (Fsp3) is 0.609. The molecular weight excluding hydrogens is 398 g/mol. The van der Waals surface area contributed by atoms with Crippen LogP contribution in [0.4, 0.5) is 4.79 Å². The van der Waals surface area contributed by atoms with Crippen LogP contribution in [0.2, 0.25) is 0 Å². The highest BCUT2D eigenvalue weighted by Gasteiger charge is 2.36. The number of likely N-dealkylation sites (N-methyl/N-ethyl adjacent to an activating group) is 1. The first-order valence-corrected chi connectivity index (χ1v) is 10.6. The van der Waals surface area contributed by atoms with Crippen molar-refractivity contribution in [1.82, 2.24) is 15.5 Å². The molecule has 1 rings (SSSR count). The molecule has 0 aliphatic rings. The minimum atomic E-state index is -1.24. The van der Waals surface area contributed by atoms with Crippen molar-refractivity contribution in [3.05, 3.63) is 34.9 Å². The average Bonchev–Trinajstić information content (AvgIpc) is 2.62. The van der Waals surface area contributed by atoms with Gasteiger partial charge in [-0.15, -0.1) is 0 Å². The minimum absolute atomic E-state index is 0.122. The second-order valence-electron chi connectivity index (χ2n) is 8.93. The van der Waals surface area contributed by atoms with Gasteiger partial charge >= 0.3 is 6.09 Å². The largest absolute Gasteiger partial charge is 0.444 e. The topological polar surface area (TPSA) is 108 Å². The highest BCUT2D eigenvalue weighted by atomic mass is 16.6. The van der Waals surface area contributed by atoms with Crippen molar-refractivity contribution in [2.75, 3.05) is 13.2 Å². The van der Waals surface area contributed by atoms with Gasteiger partial charge in [-0.05, 0) is 66.5 Å². The Morgan fingerprint density at radius 3 is 2.19 bits per heavy atom. The van der Waals surface area contributed by atoms with Crippen molar-refractivity contribution >= 4 is 17.9 Å². The number of carbonyl (C=O) groups is 3. The standard InChI is InChI=1S/C23H37N3O5/c1-9-26(21(29)18(13-27)25-22(30)31-23(6,7)8)19(20(28)24-14(2)3)17-11-10-15(4)12-16(17)5/h10-12,14,18-19,27H,9,13H2,1-8H3,(H,24,28)(H,25,30). The van der Waals surface area contributed by atoms with Crippen LogP contribution in [0.3, 0.4) is 0 Å². The summed E-state index contributed by atoms with van der Waals surface area (Å²) in [5, 5.41) is 15.1. The fourth-order valence-corrected chi connectivity index (χ4v) is 3.25. The molecule has 3 amide bonds. The summed E-state index contributed by atoms with van der Waals surface area (Å²) in [5.41, 5.74) is 1.85. The summed E-state index contributed by atoms with van der Waals surface area (Å²) < 4.78 is 5.20. The molecule has 0 bridgehead atoms. The van der Waals surface area contributed by atoms with E-state index >= 15 is 0 Å². The number of hydrogen-bond acceptors (Lipinski definition) is 5. The summed E-state index contributed by atoms with van der Waals surface area (Å²) in [7, 11) is 0. The Balaban J connectivity index is 3.30. The summed E-state index contributed by atoms with van der Waals surface area (Å²) in [6, 6.07) is 3.40. The number of aryl methyl sites for hydroxylation is 2. The average molecular weight is 436 g/mol. The number of benzene rings is 1. The first-order valence-electron chi connectivity index (χ1n) is 10.6. The van der Waals surface area contributed by atoms with E-state index in [1.165, 1.54) is 4.90 Å². The second-order valence-corrected chi connectivity index (χ2v) is 8.93. The maximum absolute atomic E-state index is 13.3. The Kier molecular flexibility index (Phi) is 9.49. The summed E-state index contributed by atoms with van der Waals surface area (Å²) in [6.45, 7) is 14.0. The monoisotopic (exact) mass is 435 g/mol. The lowest BCUT2D eigenvalue weighted by Crippen LogP contribution is -2.54. The Hall–Kier alpha value is -2.61. The van der Waals surface area contributed by atoms with Crippen molar-refractivity contribution in [2.24, 2.45) is 0 Å². The molecule has 0 saturated carbocycles. The number of carbonyl (C=O) groups excluding carboxylic acids is 3. The molecule has 2 unspecified atom stereocenters. The molecule has 0 aliphatic heterocycles. The van der Waals surface area contributed by atoms with Crippen molar-refractivity contribution in [3.63, 3.8) is 0 Å². The van der Waals surface area contributed by atoms with E-state index in [0.29, 0.717) is 5.56 Å². The highest BCUT2D eigenvalue weighted by Crippen LogP contribution is 2.26. The van der Waals surface area contributed by atoms with E-state index in [1.54, 1.807) is 27.7 Å². The van der Waals surface area contributed by atoms with E-state index in [2.05, 4.69) is 10.6 Å². The molecule has 0 aliphatic carbocycles. The Morgan fingerprint density at radius 1 is 1.13 bits per heavy atom. The summed E-state index contributed by atoms with van der Waals surface area (Å²) >= 11 is 0. The number of aliphatic hydroxyl groups excluding tert-OH is 1. The summed E-state index contributed by atoms with van der Waals surface area (Å²) in [6.07, 6.45) is -0.814. The lowest BCUT2D eigenvalue weighted by molar-refractivity contribution is -0.143. The Bertz CT molecular complexity index is 786. The van der Waals surface area contributed by atoms with Gasteiger partial charge in [-0.3, -0.25) is 9.59 Å². The molecule has 31 heavy (non-hydrogen) atoms. The van der Waals surface area contributed by atoms with E-state index in [-0.39, 0.29) is 18.5 Å². The third-order valence-electron chi connectivity index (χ3n) is 4.51. The zero-order valence-electron chi connectivity index (χ0n) is 19.9. The number of hydrogen-bond donors (Lipinski definition) is 3. The maximum atomic E-state index is 13.3. The van der Waals surface area contributed by atoms with E-state index in [0.717, 1.165) is 11.1 Å². The van der Waals surface area contributed by atoms with E-state index < -0.39 is 36.3 Å². The van der Waals surface area contributed by atoms with Gasteiger partial charge in [0.25, 0.3) is 0 Å². The third kappa shape index (κ3) is 7.86. The quantitative estimate of drug-likeness (QED) is 0.582. The minimum Gasteiger partial charge on any atom is -0.444 e. The number of rotatable bonds is 8. The molecule has 0 radical (unpaired) electrons. The number of aliphatic hydroxyl groups is 1. The van der Waals surface area contributed by atoms with Crippen LogP contribution in [0.1, 0.15) is 64.3 Å². The van der Waals surface area contributed by atoms with Gasteiger partial charge in [0.05, 0.1) is 6.61 Å². The van der Waals surface area contributed by atoms with Gasteiger partial charge in [0.15, 0.2) is 0 Å². The van der Waals surface area contributed by atoms with Crippen molar-refractivity contribution in [2.45, 2.75) is 79.1 Å². The SMILES string of the molecule is CCN(C(=O)C(CO)NC(=O)OC(C)(C)C)C(C(=O)NC(C)C)c1ccc(C)cc1C. The third-order valence-corrected chi connectivity index (χ3v) is 4.51. The first-order chi connectivity index (χ1) is 14.3. The number of amides is 3. The molecule has 0 fully saturated rings. The molecule has 8 nitrogen and oxygen atoms in total. The van der Waals surface area contributed by atoms with Crippen molar-refractivity contribution < 1.29 is 24.2 Å². The van der Waals surface area contributed by atoms with Gasteiger partial charge in [0.2, 0.25) is 11.8 Å².